The number of aromatic carboxylic acids is 1. The van der Waals surface area contributed by atoms with E-state index in [9.17, 15) is 4.79 Å². The van der Waals surface area contributed by atoms with Crippen molar-refractivity contribution >= 4 is 45.9 Å². The summed E-state index contributed by atoms with van der Waals surface area (Å²) >= 11 is 8.45. The maximum Gasteiger partial charge on any atom is 0.348 e. The Bertz CT molecular complexity index is 559. The van der Waals surface area contributed by atoms with Crippen molar-refractivity contribution in [3.8, 4) is 9.75 Å². The van der Waals surface area contributed by atoms with Gasteiger partial charge in [0.25, 0.3) is 0 Å². The zero-order valence-electron chi connectivity index (χ0n) is 8.28. The van der Waals surface area contributed by atoms with Gasteiger partial charge in [-0.25, -0.2) is 4.79 Å². The Morgan fingerprint density at radius 2 is 2.12 bits per heavy atom. The zero-order chi connectivity index (χ0) is 11.9. The fourth-order valence-corrected chi connectivity index (χ4v) is 3.63. The van der Waals surface area contributed by atoms with Crippen LogP contribution in [0.25, 0.3) is 9.75 Å². The number of nitrogens with two attached hydrogens (primary N) is 1. The maximum absolute atomic E-state index is 10.9. The van der Waals surface area contributed by atoms with Crippen LogP contribution in [-0.2, 0) is 0 Å². The molecule has 2 heterocycles. The van der Waals surface area contributed by atoms with E-state index in [1.54, 1.807) is 6.07 Å². The van der Waals surface area contributed by atoms with Gasteiger partial charge in [0.05, 0.1) is 14.9 Å². The number of thiophene rings is 2. The number of halogens is 1. The van der Waals surface area contributed by atoms with E-state index < -0.39 is 5.97 Å². The smallest absolute Gasteiger partial charge is 0.348 e. The van der Waals surface area contributed by atoms with Gasteiger partial charge in [-0.05, 0) is 24.6 Å². The minimum absolute atomic E-state index is 0.192. The summed E-state index contributed by atoms with van der Waals surface area (Å²) < 4.78 is 0.679. The number of hydrogen-bond donors (Lipinski definition) is 2. The van der Waals surface area contributed by atoms with Crippen LogP contribution in [0, 0.1) is 6.92 Å². The van der Waals surface area contributed by atoms with E-state index >= 15 is 0 Å². The second-order valence-electron chi connectivity index (χ2n) is 3.21. The van der Waals surface area contributed by atoms with Gasteiger partial charge in [-0.3, -0.25) is 0 Å². The number of nitrogen functional groups attached to an aromatic ring is 1. The topological polar surface area (TPSA) is 63.3 Å². The van der Waals surface area contributed by atoms with Crippen LogP contribution in [0.3, 0.4) is 0 Å². The summed E-state index contributed by atoms with van der Waals surface area (Å²) in [4.78, 5) is 13.0. The summed E-state index contributed by atoms with van der Waals surface area (Å²) in [7, 11) is 0. The molecule has 2 aromatic heterocycles. The third kappa shape index (κ3) is 1.81. The predicted octanol–water partition coefficient (Wildman–Crippen LogP) is 3.72. The van der Waals surface area contributed by atoms with Crippen molar-refractivity contribution in [2.24, 2.45) is 0 Å². The van der Waals surface area contributed by atoms with E-state index in [0.717, 1.165) is 15.3 Å². The predicted molar refractivity (Wildman–Crippen MR) is 68.8 cm³/mol. The molecule has 0 spiro atoms. The van der Waals surface area contributed by atoms with Crippen LogP contribution in [0.5, 0.6) is 0 Å². The molecule has 3 N–H and O–H groups in total. The fraction of sp³-hybridized carbons (Fsp3) is 0.100. The first-order valence-electron chi connectivity index (χ1n) is 4.38. The minimum atomic E-state index is -0.987. The third-order valence-electron chi connectivity index (χ3n) is 2.18. The first-order valence-corrected chi connectivity index (χ1v) is 6.39. The molecule has 16 heavy (non-hydrogen) atoms. The van der Waals surface area contributed by atoms with Gasteiger partial charge in [-0.1, -0.05) is 11.6 Å². The van der Waals surface area contributed by atoms with Crippen molar-refractivity contribution in [1.29, 1.82) is 0 Å². The first kappa shape index (κ1) is 11.4. The lowest BCUT2D eigenvalue weighted by Crippen LogP contribution is -1.97. The van der Waals surface area contributed by atoms with Crippen LogP contribution >= 0.6 is 34.3 Å². The standard InChI is InChI=1S/C10H8ClNO2S2/c1-4-7(12)9(10(13)14)16-8(4)5-2-3-6(11)15-5/h2-3H,12H2,1H3,(H,13,14). The van der Waals surface area contributed by atoms with E-state index in [1.165, 1.54) is 22.7 Å². The van der Waals surface area contributed by atoms with Gasteiger partial charge in [-0.2, -0.15) is 0 Å². The van der Waals surface area contributed by atoms with Crippen LogP contribution in [0.1, 0.15) is 15.2 Å². The van der Waals surface area contributed by atoms with Crippen molar-refractivity contribution in [1.82, 2.24) is 0 Å². The maximum atomic E-state index is 10.9. The van der Waals surface area contributed by atoms with Crippen LogP contribution in [0.15, 0.2) is 12.1 Å². The normalized spacial score (nSPS) is 10.6. The highest BCUT2D eigenvalue weighted by Gasteiger charge is 2.19. The van der Waals surface area contributed by atoms with Crippen molar-refractivity contribution in [3.63, 3.8) is 0 Å². The largest absolute Gasteiger partial charge is 0.477 e. The fourth-order valence-electron chi connectivity index (χ4n) is 1.36. The van der Waals surface area contributed by atoms with Crippen molar-refractivity contribution in [2.45, 2.75) is 6.92 Å². The average Bonchev–Trinajstić information content (AvgIpc) is 2.74. The average molecular weight is 274 g/mol. The van der Waals surface area contributed by atoms with Gasteiger partial charge in [-0.15, -0.1) is 22.7 Å². The summed E-state index contributed by atoms with van der Waals surface area (Å²) in [6.45, 7) is 1.82. The molecule has 0 unspecified atom stereocenters. The highest BCUT2D eigenvalue weighted by atomic mass is 35.5. The Balaban J connectivity index is 2.58. The first-order chi connectivity index (χ1) is 7.50. The van der Waals surface area contributed by atoms with Crippen molar-refractivity contribution < 1.29 is 9.90 Å². The SMILES string of the molecule is Cc1c(-c2ccc(Cl)s2)sc(C(=O)O)c1N. The molecule has 0 aliphatic carbocycles. The van der Waals surface area contributed by atoms with Gasteiger partial charge >= 0.3 is 5.97 Å². The highest BCUT2D eigenvalue weighted by Crippen LogP contribution is 2.41. The van der Waals surface area contributed by atoms with E-state index in [-0.39, 0.29) is 4.88 Å². The molecule has 0 bridgehead atoms. The monoisotopic (exact) mass is 273 g/mol. The quantitative estimate of drug-likeness (QED) is 0.876. The molecular formula is C10H8ClNO2S2. The Hall–Kier alpha value is -1.04. The van der Waals surface area contributed by atoms with Crippen LogP contribution in [0.4, 0.5) is 5.69 Å². The van der Waals surface area contributed by atoms with Crippen LogP contribution in [-0.4, -0.2) is 11.1 Å². The summed E-state index contributed by atoms with van der Waals surface area (Å²) in [5.74, 6) is -0.987. The highest BCUT2D eigenvalue weighted by molar-refractivity contribution is 7.25. The molecule has 6 heteroatoms. The third-order valence-corrected chi connectivity index (χ3v) is 4.89. The molecule has 2 rings (SSSR count). The van der Waals surface area contributed by atoms with Crippen LogP contribution in [0.2, 0.25) is 4.34 Å². The van der Waals surface area contributed by atoms with E-state index in [0.29, 0.717) is 10.0 Å². The molecule has 0 saturated heterocycles. The zero-order valence-corrected chi connectivity index (χ0v) is 10.7. The molecule has 0 aromatic carbocycles. The summed E-state index contributed by atoms with van der Waals surface area (Å²) in [6.07, 6.45) is 0. The Morgan fingerprint density at radius 3 is 2.56 bits per heavy atom. The lowest BCUT2D eigenvalue weighted by molar-refractivity contribution is 0.0703. The molecule has 0 radical (unpaired) electrons. The minimum Gasteiger partial charge on any atom is -0.477 e. The Kier molecular flexibility index (Phi) is 2.92. The van der Waals surface area contributed by atoms with Crippen molar-refractivity contribution in [2.75, 3.05) is 5.73 Å². The van der Waals surface area contributed by atoms with Gasteiger partial charge < -0.3 is 10.8 Å². The molecule has 0 amide bonds. The van der Waals surface area contributed by atoms with Crippen LogP contribution < -0.4 is 5.73 Å². The molecule has 2 aromatic rings. The number of carboxylic acids is 1. The number of carboxylic acid groups (broad SMARTS) is 1. The summed E-state index contributed by atoms with van der Waals surface area (Å²) in [5, 5.41) is 8.96. The molecule has 0 saturated carbocycles. The number of anilines is 1. The molecular weight excluding hydrogens is 266 g/mol. The second-order valence-corrected chi connectivity index (χ2v) is 5.94. The molecule has 0 fully saturated rings. The molecule has 0 aliphatic heterocycles. The van der Waals surface area contributed by atoms with Crippen molar-refractivity contribution in [3.05, 3.63) is 26.9 Å². The summed E-state index contributed by atoms with van der Waals surface area (Å²) in [5.41, 5.74) is 6.90. The summed E-state index contributed by atoms with van der Waals surface area (Å²) in [6, 6.07) is 3.66. The van der Waals surface area contributed by atoms with E-state index in [2.05, 4.69) is 0 Å². The number of hydrogen-bond acceptors (Lipinski definition) is 4. The van der Waals surface area contributed by atoms with Gasteiger partial charge in [0, 0.05) is 4.88 Å². The second kappa shape index (κ2) is 4.08. The molecule has 0 aliphatic rings. The van der Waals surface area contributed by atoms with Gasteiger partial charge in [0.1, 0.15) is 4.88 Å². The lowest BCUT2D eigenvalue weighted by atomic mass is 10.2. The van der Waals surface area contributed by atoms with Gasteiger partial charge in [0.2, 0.25) is 0 Å². The Labute approximate surface area is 105 Å². The molecule has 3 nitrogen and oxygen atoms in total. The number of rotatable bonds is 2. The molecule has 84 valence electrons. The van der Waals surface area contributed by atoms with Gasteiger partial charge in [0.15, 0.2) is 0 Å². The number of carbonyl (C=O) groups is 1. The Morgan fingerprint density at radius 1 is 1.44 bits per heavy atom. The molecule has 0 atom stereocenters. The lowest BCUT2D eigenvalue weighted by Gasteiger charge is -1.94. The van der Waals surface area contributed by atoms with E-state index in [4.69, 9.17) is 22.4 Å². The van der Waals surface area contributed by atoms with E-state index in [1.807, 2.05) is 13.0 Å².